The predicted octanol–water partition coefficient (Wildman–Crippen LogP) is 3.08. The average molecular weight is 256 g/mol. The number of hydrogen-bond donors (Lipinski definition) is 1. The van der Waals surface area contributed by atoms with Gasteiger partial charge >= 0.3 is 0 Å². The van der Waals surface area contributed by atoms with Crippen LogP contribution in [-0.4, -0.2) is 12.4 Å². The van der Waals surface area contributed by atoms with Gasteiger partial charge in [-0.3, -0.25) is 0 Å². The molecule has 0 fully saturated rings. The standard InChI is InChI=1S/C11H14BrNO/c1-14-10-6-5-9(11(13)8-10)4-2-3-7-12/h2,4-6,8H,3,7,13H2,1H3. The SMILES string of the molecule is COc1ccc(C=CCCBr)c(N)c1. The molecule has 0 aromatic heterocycles. The quantitative estimate of drug-likeness (QED) is 0.663. The Bertz CT molecular complexity index is 323. The maximum absolute atomic E-state index is 5.84. The number of hydrogen-bond acceptors (Lipinski definition) is 2. The highest BCUT2D eigenvalue weighted by molar-refractivity contribution is 9.09. The first kappa shape index (κ1) is 11.1. The largest absolute Gasteiger partial charge is 0.497 e. The lowest BCUT2D eigenvalue weighted by molar-refractivity contribution is 0.415. The highest BCUT2D eigenvalue weighted by Crippen LogP contribution is 2.20. The van der Waals surface area contributed by atoms with Crippen molar-refractivity contribution in [1.82, 2.24) is 0 Å². The van der Waals surface area contributed by atoms with E-state index in [0.29, 0.717) is 0 Å². The monoisotopic (exact) mass is 255 g/mol. The van der Waals surface area contributed by atoms with Crippen LogP contribution in [0.3, 0.4) is 0 Å². The fraction of sp³-hybridized carbons (Fsp3) is 0.273. The summed E-state index contributed by atoms with van der Waals surface area (Å²) in [4.78, 5) is 0. The van der Waals surface area contributed by atoms with Crippen LogP contribution in [0.4, 0.5) is 5.69 Å². The second-order valence-corrected chi connectivity index (χ2v) is 3.67. The topological polar surface area (TPSA) is 35.2 Å². The molecule has 0 heterocycles. The first-order valence-electron chi connectivity index (χ1n) is 4.44. The van der Waals surface area contributed by atoms with E-state index in [9.17, 15) is 0 Å². The lowest BCUT2D eigenvalue weighted by atomic mass is 10.1. The number of allylic oxidation sites excluding steroid dienone is 1. The van der Waals surface area contributed by atoms with E-state index in [4.69, 9.17) is 10.5 Å². The molecule has 0 saturated heterocycles. The zero-order chi connectivity index (χ0) is 10.4. The molecule has 0 aliphatic carbocycles. The Morgan fingerprint density at radius 2 is 2.29 bits per heavy atom. The molecular formula is C11H14BrNO. The van der Waals surface area contributed by atoms with Crippen molar-refractivity contribution in [3.63, 3.8) is 0 Å². The predicted molar refractivity (Wildman–Crippen MR) is 64.9 cm³/mol. The molecule has 0 radical (unpaired) electrons. The van der Waals surface area contributed by atoms with Gasteiger partial charge in [0.15, 0.2) is 0 Å². The molecule has 0 bridgehead atoms. The molecule has 0 aliphatic rings. The first-order chi connectivity index (χ1) is 6.77. The van der Waals surface area contributed by atoms with Crippen LogP contribution >= 0.6 is 15.9 Å². The second-order valence-electron chi connectivity index (χ2n) is 2.87. The van der Waals surface area contributed by atoms with E-state index in [2.05, 4.69) is 22.0 Å². The van der Waals surface area contributed by atoms with Gasteiger partial charge in [-0.15, -0.1) is 0 Å². The molecule has 2 nitrogen and oxygen atoms in total. The van der Waals surface area contributed by atoms with E-state index >= 15 is 0 Å². The Morgan fingerprint density at radius 3 is 2.86 bits per heavy atom. The molecule has 1 aromatic carbocycles. The molecule has 0 spiro atoms. The van der Waals surface area contributed by atoms with E-state index in [-0.39, 0.29) is 0 Å². The third-order valence-electron chi connectivity index (χ3n) is 1.87. The average Bonchev–Trinajstić information content (AvgIpc) is 2.20. The first-order valence-corrected chi connectivity index (χ1v) is 5.56. The van der Waals surface area contributed by atoms with E-state index < -0.39 is 0 Å². The molecule has 0 atom stereocenters. The van der Waals surface area contributed by atoms with Crippen LogP contribution < -0.4 is 10.5 Å². The van der Waals surface area contributed by atoms with Gasteiger partial charge in [-0.25, -0.2) is 0 Å². The Hall–Kier alpha value is -0.960. The van der Waals surface area contributed by atoms with Crippen LogP contribution in [0.5, 0.6) is 5.75 Å². The van der Waals surface area contributed by atoms with Gasteiger partial charge in [-0.2, -0.15) is 0 Å². The molecule has 0 unspecified atom stereocenters. The molecule has 76 valence electrons. The maximum Gasteiger partial charge on any atom is 0.120 e. The summed E-state index contributed by atoms with van der Waals surface area (Å²) in [5.74, 6) is 0.792. The van der Waals surface area contributed by atoms with Crippen LogP contribution in [0.15, 0.2) is 24.3 Å². The minimum atomic E-state index is 0.746. The number of halogens is 1. The van der Waals surface area contributed by atoms with Crippen LogP contribution in [0, 0.1) is 0 Å². The summed E-state index contributed by atoms with van der Waals surface area (Å²) in [6.07, 6.45) is 5.12. The number of rotatable bonds is 4. The highest BCUT2D eigenvalue weighted by Gasteiger charge is 1.96. The van der Waals surface area contributed by atoms with E-state index in [0.717, 1.165) is 28.8 Å². The number of methoxy groups -OCH3 is 1. The zero-order valence-corrected chi connectivity index (χ0v) is 9.75. The smallest absolute Gasteiger partial charge is 0.120 e. The van der Waals surface area contributed by atoms with Crippen molar-refractivity contribution >= 4 is 27.7 Å². The molecule has 0 aliphatic heterocycles. The van der Waals surface area contributed by atoms with Crippen molar-refractivity contribution in [2.24, 2.45) is 0 Å². The summed E-state index contributed by atoms with van der Waals surface area (Å²) >= 11 is 3.36. The van der Waals surface area contributed by atoms with Crippen LogP contribution in [-0.2, 0) is 0 Å². The van der Waals surface area contributed by atoms with Gasteiger partial charge in [0.2, 0.25) is 0 Å². The van der Waals surface area contributed by atoms with Gasteiger partial charge in [0, 0.05) is 17.1 Å². The van der Waals surface area contributed by atoms with Crippen LogP contribution in [0.1, 0.15) is 12.0 Å². The number of alkyl halides is 1. The van der Waals surface area contributed by atoms with Crippen molar-refractivity contribution in [3.05, 3.63) is 29.8 Å². The Labute approximate surface area is 92.9 Å². The normalized spacial score (nSPS) is 10.7. The van der Waals surface area contributed by atoms with Crippen molar-refractivity contribution in [3.8, 4) is 5.75 Å². The minimum absolute atomic E-state index is 0.746. The lowest BCUT2D eigenvalue weighted by Gasteiger charge is -2.03. The Kier molecular flexibility index (Phi) is 4.53. The van der Waals surface area contributed by atoms with Crippen molar-refractivity contribution in [1.29, 1.82) is 0 Å². The van der Waals surface area contributed by atoms with Gasteiger partial charge in [0.1, 0.15) is 5.75 Å². The summed E-state index contributed by atoms with van der Waals surface area (Å²) in [5.41, 5.74) is 7.62. The lowest BCUT2D eigenvalue weighted by Crippen LogP contribution is -1.91. The Morgan fingerprint density at radius 1 is 1.50 bits per heavy atom. The number of nitrogens with two attached hydrogens (primary N) is 1. The minimum Gasteiger partial charge on any atom is -0.497 e. The van der Waals surface area contributed by atoms with Crippen molar-refractivity contribution in [2.45, 2.75) is 6.42 Å². The number of anilines is 1. The Balaban J connectivity index is 2.78. The van der Waals surface area contributed by atoms with Gasteiger partial charge in [0.05, 0.1) is 7.11 Å². The molecule has 1 rings (SSSR count). The third-order valence-corrected chi connectivity index (χ3v) is 2.32. The fourth-order valence-electron chi connectivity index (χ4n) is 1.10. The number of benzene rings is 1. The summed E-state index contributed by atoms with van der Waals surface area (Å²) in [6, 6.07) is 5.69. The summed E-state index contributed by atoms with van der Waals surface area (Å²) in [7, 11) is 1.63. The van der Waals surface area contributed by atoms with Gasteiger partial charge in [-0.1, -0.05) is 28.1 Å². The summed E-state index contributed by atoms with van der Waals surface area (Å²) in [6.45, 7) is 0. The third kappa shape index (κ3) is 3.07. The molecule has 1 aromatic rings. The molecule has 0 saturated carbocycles. The van der Waals surface area contributed by atoms with Crippen molar-refractivity contribution in [2.75, 3.05) is 18.2 Å². The van der Waals surface area contributed by atoms with Crippen LogP contribution in [0.25, 0.3) is 6.08 Å². The molecule has 2 N–H and O–H groups in total. The van der Waals surface area contributed by atoms with Crippen LogP contribution in [0.2, 0.25) is 0 Å². The van der Waals surface area contributed by atoms with E-state index in [1.807, 2.05) is 24.3 Å². The second kappa shape index (κ2) is 5.70. The van der Waals surface area contributed by atoms with Gasteiger partial charge in [0.25, 0.3) is 0 Å². The molecule has 0 amide bonds. The van der Waals surface area contributed by atoms with Crippen molar-refractivity contribution < 1.29 is 4.74 Å². The van der Waals surface area contributed by atoms with E-state index in [1.54, 1.807) is 7.11 Å². The summed E-state index contributed by atoms with van der Waals surface area (Å²) < 4.78 is 5.06. The fourth-order valence-corrected chi connectivity index (χ4v) is 1.37. The highest BCUT2D eigenvalue weighted by atomic mass is 79.9. The number of nitrogen functional groups attached to an aromatic ring is 1. The maximum atomic E-state index is 5.84. The number of ether oxygens (including phenoxy) is 1. The molecule has 3 heteroatoms. The van der Waals surface area contributed by atoms with E-state index in [1.165, 1.54) is 0 Å². The summed E-state index contributed by atoms with van der Waals surface area (Å²) in [5, 5.41) is 0.972. The van der Waals surface area contributed by atoms with Gasteiger partial charge in [-0.05, 0) is 24.1 Å². The molecule has 14 heavy (non-hydrogen) atoms. The zero-order valence-electron chi connectivity index (χ0n) is 8.16. The molecular weight excluding hydrogens is 242 g/mol. The van der Waals surface area contributed by atoms with Gasteiger partial charge < -0.3 is 10.5 Å².